The van der Waals surface area contributed by atoms with Gasteiger partial charge in [0.25, 0.3) is 0 Å². The summed E-state index contributed by atoms with van der Waals surface area (Å²) in [6.07, 6.45) is 0.495. The van der Waals surface area contributed by atoms with Crippen molar-refractivity contribution in [2.24, 2.45) is 0 Å². The zero-order valence-corrected chi connectivity index (χ0v) is 7.21. The summed E-state index contributed by atoms with van der Waals surface area (Å²) in [5.74, 6) is 0.239. The molecule has 0 saturated carbocycles. The van der Waals surface area contributed by atoms with E-state index in [0.29, 0.717) is 0 Å². The van der Waals surface area contributed by atoms with Crippen LogP contribution < -0.4 is 0 Å². The van der Waals surface area contributed by atoms with Crippen molar-refractivity contribution in [1.29, 1.82) is 0 Å². The Kier molecular flexibility index (Phi) is 3.02. The van der Waals surface area contributed by atoms with E-state index in [9.17, 15) is 15.2 Å². The van der Waals surface area contributed by atoms with Crippen LogP contribution in [-0.2, 0) is 0 Å². The van der Waals surface area contributed by atoms with Crippen LogP contribution in [-0.4, -0.2) is 16.1 Å². The fourth-order valence-corrected chi connectivity index (χ4v) is 1.14. The Morgan fingerprint density at radius 1 is 1.77 bits per heavy atom. The van der Waals surface area contributed by atoms with Gasteiger partial charge in [0, 0.05) is 11.3 Å². The predicted octanol–water partition coefficient (Wildman–Crippen LogP) is 1.37. The molecule has 1 rings (SSSR count). The number of furan rings is 1. The number of hydrogen-bond acceptors (Lipinski definition) is 4. The molecule has 0 bridgehead atoms. The lowest BCUT2D eigenvalue weighted by molar-refractivity contribution is -0.536. The molecular formula is C8H11NO4. The van der Waals surface area contributed by atoms with E-state index < -0.39 is 17.1 Å². The van der Waals surface area contributed by atoms with Crippen LogP contribution >= 0.6 is 0 Å². The van der Waals surface area contributed by atoms with Gasteiger partial charge in [-0.3, -0.25) is 10.1 Å². The van der Waals surface area contributed by atoms with Gasteiger partial charge in [-0.2, -0.15) is 0 Å². The molecule has 1 aromatic heterocycles. The first-order valence-electron chi connectivity index (χ1n) is 4.01. The molecule has 0 amide bonds. The van der Waals surface area contributed by atoms with Gasteiger partial charge in [-0.05, 0) is 12.1 Å². The maximum absolute atomic E-state index is 10.5. The average Bonchev–Trinajstić information content (AvgIpc) is 2.56. The Balaban J connectivity index is 2.76. The summed E-state index contributed by atoms with van der Waals surface area (Å²) in [5, 5.41) is 20.0. The SMILES string of the molecule is CC[C@@H]([C@@H](O)c1ccco1)[N+](=O)[O-]. The van der Waals surface area contributed by atoms with E-state index in [1.807, 2.05) is 0 Å². The Bertz CT molecular complexity index is 270. The largest absolute Gasteiger partial charge is 0.466 e. The van der Waals surface area contributed by atoms with E-state index in [0.717, 1.165) is 0 Å². The van der Waals surface area contributed by atoms with Gasteiger partial charge in [-0.1, -0.05) is 6.92 Å². The third-order valence-electron chi connectivity index (χ3n) is 1.89. The van der Waals surface area contributed by atoms with Crippen molar-refractivity contribution in [2.75, 3.05) is 0 Å². The molecular weight excluding hydrogens is 174 g/mol. The molecule has 5 heteroatoms. The first-order valence-corrected chi connectivity index (χ1v) is 4.01. The normalized spacial score (nSPS) is 15.2. The van der Waals surface area contributed by atoms with Crippen molar-refractivity contribution < 1.29 is 14.4 Å². The van der Waals surface area contributed by atoms with Crippen molar-refractivity contribution in [3.05, 3.63) is 34.3 Å². The highest BCUT2D eigenvalue weighted by molar-refractivity contribution is 5.03. The number of aliphatic hydroxyl groups excluding tert-OH is 1. The Morgan fingerprint density at radius 2 is 2.46 bits per heavy atom. The zero-order chi connectivity index (χ0) is 9.84. The Morgan fingerprint density at radius 3 is 2.85 bits per heavy atom. The van der Waals surface area contributed by atoms with Crippen LogP contribution in [0.15, 0.2) is 22.8 Å². The second-order valence-electron chi connectivity index (χ2n) is 2.72. The van der Waals surface area contributed by atoms with Crippen LogP contribution in [0.25, 0.3) is 0 Å². The third kappa shape index (κ3) is 2.06. The lowest BCUT2D eigenvalue weighted by Crippen LogP contribution is -2.26. The van der Waals surface area contributed by atoms with Crippen LogP contribution in [0, 0.1) is 10.1 Å². The van der Waals surface area contributed by atoms with Gasteiger partial charge in [0.1, 0.15) is 5.76 Å². The third-order valence-corrected chi connectivity index (χ3v) is 1.89. The van der Waals surface area contributed by atoms with Crippen molar-refractivity contribution >= 4 is 0 Å². The molecule has 1 heterocycles. The molecule has 0 radical (unpaired) electrons. The summed E-state index contributed by atoms with van der Waals surface area (Å²) >= 11 is 0. The van der Waals surface area contributed by atoms with Crippen LogP contribution in [0.4, 0.5) is 0 Å². The smallest absolute Gasteiger partial charge is 0.245 e. The second-order valence-corrected chi connectivity index (χ2v) is 2.72. The van der Waals surface area contributed by atoms with Gasteiger partial charge < -0.3 is 9.52 Å². The standard InChI is InChI=1S/C8H11NO4/c1-2-6(9(11)12)8(10)7-4-3-5-13-7/h3-6,8,10H,2H2,1H3/t6-,8+/m0/s1. The highest BCUT2D eigenvalue weighted by Gasteiger charge is 2.30. The molecule has 5 nitrogen and oxygen atoms in total. The number of hydrogen-bond donors (Lipinski definition) is 1. The monoisotopic (exact) mass is 185 g/mol. The van der Waals surface area contributed by atoms with Crippen molar-refractivity contribution in [3.8, 4) is 0 Å². The van der Waals surface area contributed by atoms with E-state index in [4.69, 9.17) is 4.42 Å². The molecule has 72 valence electrons. The molecule has 0 aliphatic carbocycles. The average molecular weight is 185 g/mol. The Labute approximate surface area is 75.1 Å². The molecule has 0 aromatic carbocycles. The van der Waals surface area contributed by atoms with Crippen molar-refractivity contribution in [2.45, 2.75) is 25.5 Å². The molecule has 0 unspecified atom stereocenters. The quantitative estimate of drug-likeness (QED) is 0.567. The van der Waals surface area contributed by atoms with Gasteiger partial charge in [-0.15, -0.1) is 0 Å². The number of nitrogens with zero attached hydrogens (tertiary/aromatic N) is 1. The minimum atomic E-state index is -1.16. The minimum Gasteiger partial charge on any atom is -0.466 e. The molecule has 0 spiro atoms. The van der Waals surface area contributed by atoms with Crippen LogP contribution in [0.2, 0.25) is 0 Å². The summed E-state index contributed by atoms with van der Waals surface area (Å²) in [4.78, 5) is 9.98. The summed E-state index contributed by atoms with van der Waals surface area (Å²) in [6, 6.07) is 2.12. The van der Waals surface area contributed by atoms with E-state index in [2.05, 4.69) is 0 Å². The highest BCUT2D eigenvalue weighted by Crippen LogP contribution is 2.20. The maximum Gasteiger partial charge on any atom is 0.245 e. The van der Waals surface area contributed by atoms with E-state index in [1.165, 1.54) is 12.3 Å². The molecule has 1 N–H and O–H groups in total. The number of rotatable bonds is 4. The fraction of sp³-hybridized carbons (Fsp3) is 0.500. The first-order chi connectivity index (χ1) is 6.16. The van der Waals surface area contributed by atoms with E-state index in [1.54, 1.807) is 13.0 Å². The van der Waals surface area contributed by atoms with Crippen molar-refractivity contribution in [3.63, 3.8) is 0 Å². The second kappa shape index (κ2) is 4.04. The zero-order valence-electron chi connectivity index (χ0n) is 7.21. The van der Waals surface area contributed by atoms with Gasteiger partial charge in [-0.25, -0.2) is 0 Å². The van der Waals surface area contributed by atoms with Crippen LogP contribution in [0.3, 0.4) is 0 Å². The first kappa shape index (κ1) is 9.73. The predicted molar refractivity (Wildman–Crippen MR) is 44.7 cm³/mol. The topological polar surface area (TPSA) is 76.5 Å². The summed E-state index contributed by atoms with van der Waals surface area (Å²) in [5.41, 5.74) is 0. The molecule has 0 saturated heterocycles. The lowest BCUT2D eigenvalue weighted by atomic mass is 10.1. The van der Waals surface area contributed by atoms with E-state index in [-0.39, 0.29) is 12.2 Å². The maximum atomic E-state index is 10.5. The summed E-state index contributed by atoms with van der Waals surface area (Å²) in [7, 11) is 0. The highest BCUT2D eigenvalue weighted by atomic mass is 16.6. The van der Waals surface area contributed by atoms with Gasteiger partial charge in [0.2, 0.25) is 6.04 Å². The summed E-state index contributed by atoms with van der Waals surface area (Å²) < 4.78 is 4.87. The molecule has 2 atom stereocenters. The van der Waals surface area contributed by atoms with Crippen molar-refractivity contribution in [1.82, 2.24) is 0 Å². The Hall–Kier alpha value is -1.36. The minimum absolute atomic E-state index is 0.239. The van der Waals surface area contributed by atoms with Gasteiger partial charge in [0.05, 0.1) is 6.26 Å². The molecule has 0 aliphatic heterocycles. The molecule has 1 aromatic rings. The number of nitro groups is 1. The molecule has 0 aliphatic rings. The fourth-order valence-electron chi connectivity index (χ4n) is 1.14. The van der Waals surface area contributed by atoms with Crippen LogP contribution in [0.5, 0.6) is 0 Å². The van der Waals surface area contributed by atoms with Gasteiger partial charge in [0.15, 0.2) is 6.10 Å². The van der Waals surface area contributed by atoms with Gasteiger partial charge >= 0.3 is 0 Å². The van der Waals surface area contributed by atoms with E-state index >= 15 is 0 Å². The van der Waals surface area contributed by atoms with Crippen LogP contribution in [0.1, 0.15) is 25.2 Å². The summed E-state index contributed by atoms with van der Waals surface area (Å²) in [6.45, 7) is 1.65. The molecule has 13 heavy (non-hydrogen) atoms. The molecule has 0 fully saturated rings. The lowest BCUT2D eigenvalue weighted by Gasteiger charge is -2.11. The number of aliphatic hydroxyl groups is 1.